The number of carbonyl (C=O) groups is 1. The average Bonchev–Trinajstić information content (AvgIpc) is 3.00. The first kappa shape index (κ1) is 15.3. The van der Waals surface area contributed by atoms with E-state index in [4.69, 9.17) is 5.73 Å². The topological polar surface area (TPSA) is 46.3 Å². The molecule has 2 aliphatic rings. The highest BCUT2D eigenvalue weighted by atomic mass is 19.4. The van der Waals surface area contributed by atoms with Crippen molar-refractivity contribution in [2.45, 2.75) is 25.1 Å². The standard InChI is InChI=1S/C15H16F4N2O/c16-9-2-3-10(12(5-9)15(17,18)19)14(22)21-6-8-1-4-13(20)11(8)7-21/h2-3,5,8,11,13H,1,4,6-7,20H2. The van der Waals surface area contributed by atoms with Crippen molar-refractivity contribution in [3.8, 4) is 0 Å². The fourth-order valence-electron chi connectivity index (χ4n) is 3.58. The van der Waals surface area contributed by atoms with Crippen LogP contribution in [0.1, 0.15) is 28.8 Å². The molecule has 0 radical (unpaired) electrons. The van der Waals surface area contributed by atoms with Gasteiger partial charge in [-0.05, 0) is 42.9 Å². The normalized spacial score (nSPS) is 28.0. The van der Waals surface area contributed by atoms with Crippen LogP contribution >= 0.6 is 0 Å². The number of amides is 1. The number of likely N-dealkylation sites (tertiary alicyclic amines) is 1. The third kappa shape index (κ3) is 2.58. The van der Waals surface area contributed by atoms with Gasteiger partial charge in [-0.15, -0.1) is 0 Å². The first-order valence-corrected chi connectivity index (χ1v) is 7.19. The van der Waals surface area contributed by atoms with E-state index < -0.39 is 29.0 Å². The van der Waals surface area contributed by atoms with Gasteiger partial charge in [-0.3, -0.25) is 4.79 Å². The van der Waals surface area contributed by atoms with Crippen molar-refractivity contribution < 1.29 is 22.4 Å². The molecule has 0 spiro atoms. The third-order valence-corrected chi connectivity index (χ3v) is 4.72. The molecule has 3 nitrogen and oxygen atoms in total. The highest BCUT2D eigenvalue weighted by molar-refractivity contribution is 5.96. The second-order valence-electron chi connectivity index (χ2n) is 6.06. The zero-order valence-corrected chi connectivity index (χ0v) is 11.7. The molecule has 1 aliphatic heterocycles. The summed E-state index contributed by atoms with van der Waals surface area (Å²) in [5.74, 6) is -1.30. The van der Waals surface area contributed by atoms with Crippen molar-refractivity contribution in [3.05, 3.63) is 35.1 Å². The van der Waals surface area contributed by atoms with E-state index >= 15 is 0 Å². The van der Waals surface area contributed by atoms with E-state index in [-0.39, 0.29) is 17.9 Å². The molecular weight excluding hydrogens is 300 g/mol. The van der Waals surface area contributed by atoms with Crippen LogP contribution in [0.4, 0.5) is 17.6 Å². The van der Waals surface area contributed by atoms with Gasteiger partial charge in [0.25, 0.3) is 5.91 Å². The number of carbonyl (C=O) groups excluding carboxylic acids is 1. The van der Waals surface area contributed by atoms with Crippen LogP contribution in [0.15, 0.2) is 18.2 Å². The van der Waals surface area contributed by atoms with Crippen LogP contribution in [-0.2, 0) is 6.18 Å². The lowest BCUT2D eigenvalue weighted by atomic mass is 9.98. The van der Waals surface area contributed by atoms with Gasteiger partial charge in [0.15, 0.2) is 0 Å². The maximum absolute atomic E-state index is 13.1. The predicted octanol–water partition coefficient (Wildman–Crippen LogP) is 2.65. The summed E-state index contributed by atoms with van der Waals surface area (Å²) >= 11 is 0. The van der Waals surface area contributed by atoms with E-state index in [1.165, 1.54) is 4.90 Å². The number of hydrogen-bond donors (Lipinski definition) is 1. The Labute approximate surface area is 125 Å². The quantitative estimate of drug-likeness (QED) is 0.810. The summed E-state index contributed by atoms with van der Waals surface area (Å²) in [5.41, 5.74) is 4.25. The van der Waals surface area contributed by atoms with E-state index in [0.717, 1.165) is 25.0 Å². The lowest BCUT2D eigenvalue weighted by molar-refractivity contribution is -0.138. The van der Waals surface area contributed by atoms with Crippen LogP contribution < -0.4 is 5.73 Å². The Hall–Kier alpha value is -1.63. The van der Waals surface area contributed by atoms with Gasteiger partial charge >= 0.3 is 6.18 Å². The predicted molar refractivity (Wildman–Crippen MR) is 71.5 cm³/mol. The summed E-state index contributed by atoms with van der Waals surface area (Å²) in [6.45, 7) is 0.797. The third-order valence-electron chi connectivity index (χ3n) is 4.72. The monoisotopic (exact) mass is 316 g/mol. The number of alkyl halides is 3. The maximum atomic E-state index is 13.1. The molecule has 2 N–H and O–H groups in total. The van der Waals surface area contributed by atoms with E-state index in [0.29, 0.717) is 19.2 Å². The van der Waals surface area contributed by atoms with Gasteiger partial charge in [-0.25, -0.2) is 4.39 Å². The van der Waals surface area contributed by atoms with Crippen LogP contribution in [0.25, 0.3) is 0 Å². The fraction of sp³-hybridized carbons (Fsp3) is 0.533. The van der Waals surface area contributed by atoms with Gasteiger partial charge in [0.1, 0.15) is 5.82 Å². The second-order valence-corrected chi connectivity index (χ2v) is 6.06. The van der Waals surface area contributed by atoms with Crippen molar-refractivity contribution >= 4 is 5.91 Å². The Morgan fingerprint density at radius 1 is 1.23 bits per heavy atom. The minimum atomic E-state index is -4.76. The summed E-state index contributed by atoms with van der Waals surface area (Å²) < 4.78 is 52.1. The van der Waals surface area contributed by atoms with Crippen LogP contribution in [-0.4, -0.2) is 29.9 Å². The summed E-state index contributed by atoms with van der Waals surface area (Å²) in [6.07, 6.45) is -2.98. The molecule has 0 aromatic heterocycles. The first-order valence-electron chi connectivity index (χ1n) is 7.19. The van der Waals surface area contributed by atoms with Gasteiger partial charge in [-0.2, -0.15) is 13.2 Å². The Kier molecular flexibility index (Phi) is 3.63. The summed E-state index contributed by atoms with van der Waals surface area (Å²) in [6, 6.07) is 2.16. The van der Waals surface area contributed by atoms with Gasteiger partial charge in [-0.1, -0.05) is 0 Å². The molecule has 3 atom stereocenters. The smallest absolute Gasteiger partial charge is 0.338 e. The summed E-state index contributed by atoms with van der Waals surface area (Å²) in [5, 5.41) is 0. The Balaban J connectivity index is 1.87. The summed E-state index contributed by atoms with van der Waals surface area (Å²) in [7, 11) is 0. The summed E-state index contributed by atoms with van der Waals surface area (Å²) in [4.78, 5) is 13.8. The molecule has 7 heteroatoms. The number of nitrogens with two attached hydrogens (primary N) is 1. The highest BCUT2D eigenvalue weighted by Gasteiger charge is 2.44. The SMILES string of the molecule is NC1CCC2CN(C(=O)c3ccc(F)cc3C(F)(F)F)CC12. The Bertz CT molecular complexity index is 602. The molecule has 1 aromatic carbocycles. The molecule has 1 heterocycles. The van der Waals surface area contributed by atoms with Crippen LogP contribution in [0.3, 0.4) is 0 Å². The molecule has 120 valence electrons. The Morgan fingerprint density at radius 2 is 1.95 bits per heavy atom. The van der Waals surface area contributed by atoms with E-state index in [1.54, 1.807) is 0 Å². The van der Waals surface area contributed by atoms with Gasteiger partial charge < -0.3 is 10.6 Å². The number of nitrogens with zero attached hydrogens (tertiary/aromatic N) is 1. The molecule has 2 fully saturated rings. The molecule has 3 unspecified atom stereocenters. The van der Waals surface area contributed by atoms with E-state index in [1.807, 2.05) is 0 Å². The molecule has 1 aliphatic carbocycles. The lowest BCUT2D eigenvalue weighted by Gasteiger charge is -2.21. The molecule has 0 bridgehead atoms. The van der Waals surface area contributed by atoms with Crippen molar-refractivity contribution in [1.29, 1.82) is 0 Å². The van der Waals surface area contributed by atoms with Crippen LogP contribution in [0.2, 0.25) is 0 Å². The van der Waals surface area contributed by atoms with E-state index in [9.17, 15) is 22.4 Å². The van der Waals surface area contributed by atoms with Crippen molar-refractivity contribution in [2.24, 2.45) is 17.6 Å². The minimum Gasteiger partial charge on any atom is -0.338 e. The average molecular weight is 316 g/mol. The number of fused-ring (bicyclic) bond motifs is 1. The number of hydrogen-bond acceptors (Lipinski definition) is 2. The highest BCUT2D eigenvalue weighted by Crippen LogP contribution is 2.39. The zero-order valence-electron chi connectivity index (χ0n) is 11.7. The number of rotatable bonds is 1. The minimum absolute atomic E-state index is 0.00176. The number of halogens is 4. The first-order chi connectivity index (χ1) is 10.3. The van der Waals surface area contributed by atoms with E-state index in [2.05, 4.69) is 0 Å². The molecule has 1 amide bonds. The zero-order chi connectivity index (χ0) is 16.1. The van der Waals surface area contributed by atoms with Crippen molar-refractivity contribution in [2.75, 3.05) is 13.1 Å². The molecule has 1 saturated carbocycles. The molecule has 1 aromatic rings. The molecule has 3 rings (SSSR count). The molecule has 22 heavy (non-hydrogen) atoms. The fourth-order valence-corrected chi connectivity index (χ4v) is 3.58. The molecule has 1 saturated heterocycles. The van der Waals surface area contributed by atoms with Gasteiger partial charge in [0.2, 0.25) is 0 Å². The Morgan fingerprint density at radius 3 is 2.59 bits per heavy atom. The van der Waals surface area contributed by atoms with Crippen molar-refractivity contribution in [1.82, 2.24) is 4.90 Å². The number of benzene rings is 1. The maximum Gasteiger partial charge on any atom is 0.417 e. The molecular formula is C15H16F4N2O. The second kappa shape index (κ2) is 5.22. The van der Waals surface area contributed by atoms with Crippen LogP contribution in [0, 0.1) is 17.7 Å². The lowest BCUT2D eigenvalue weighted by Crippen LogP contribution is -2.34. The van der Waals surface area contributed by atoms with Gasteiger partial charge in [0.05, 0.1) is 11.1 Å². The van der Waals surface area contributed by atoms with Crippen molar-refractivity contribution in [3.63, 3.8) is 0 Å². The largest absolute Gasteiger partial charge is 0.417 e. The van der Waals surface area contributed by atoms with Gasteiger partial charge in [0, 0.05) is 19.1 Å². The van der Waals surface area contributed by atoms with Crippen LogP contribution in [0.5, 0.6) is 0 Å².